The van der Waals surface area contributed by atoms with E-state index in [1.165, 1.54) is 5.56 Å². The van der Waals surface area contributed by atoms with Crippen molar-refractivity contribution in [2.45, 2.75) is 58.3 Å². The molecule has 0 bridgehead atoms. The summed E-state index contributed by atoms with van der Waals surface area (Å²) in [6.07, 6.45) is 1.67. The molecule has 0 aromatic carbocycles. The van der Waals surface area contributed by atoms with Crippen LogP contribution in [-0.2, 0) is 16.1 Å². The quantitative estimate of drug-likeness (QED) is 0.845. The molecule has 0 radical (unpaired) electrons. The standard InChI is InChI=1S/C16H25NO3S/c1-15(2,3)20-14(18)17-8-5-7-16(4,12-17)19-10-13-6-9-21-11-13/h6,9,11H,5,7-8,10,12H2,1-4H3. The van der Waals surface area contributed by atoms with Crippen molar-refractivity contribution in [1.29, 1.82) is 0 Å². The number of carbonyl (C=O) groups excluding carboxylic acids is 1. The summed E-state index contributed by atoms with van der Waals surface area (Å²) >= 11 is 1.67. The highest BCUT2D eigenvalue weighted by atomic mass is 32.1. The Morgan fingerprint density at radius 1 is 1.48 bits per heavy atom. The molecule has 1 amide bonds. The summed E-state index contributed by atoms with van der Waals surface area (Å²) in [5.74, 6) is 0. The number of hydrogen-bond donors (Lipinski definition) is 0. The average Bonchev–Trinajstić information content (AvgIpc) is 2.88. The third kappa shape index (κ3) is 5.00. The van der Waals surface area contributed by atoms with Crippen LogP contribution in [0.15, 0.2) is 16.8 Å². The molecule has 1 aromatic rings. The Balaban J connectivity index is 1.91. The summed E-state index contributed by atoms with van der Waals surface area (Å²) in [6, 6.07) is 2.07. The molecular formula is C16H25NO3S. The molecule has 1 aliphatic rings. The van der Waals surface area contributed by atoms with Crippen LogP contribution in [0.3, 0.4) is 0 Å². The molecule has 1 saturated heterocycles. The van der Waals surface area contributed by atoms with Crippen molar-refractivity contribution in [1.82, 2.24) is 4.90 Å². The lowest BCUT2D eigenvalue weighted by molar-refractivity contribution is -0.0878. The number of piperidine rings is 1. The normalized spacial score (nSPS) is 23.1. The topological polar surface area (TPSA) is 38.8 Å². The molecule has 0 spiro atoms. The zero-order valence-electron chi connectivity index (χ0n) is 13.3. The minimum absolute atomic E-state index is 0.243. The molecule has 0 aliphatic carbocycles. The molecule has 2 heterocycles. The van der Waals surface area contributed by atoms with E-state index in [9.17, 15) is 4.79 Å². The number of likely N-dealkylation sites (tertiary alicyclic amines) is 1. The third-order valence-electron chi connectivity index (χ3n) is 3.48. The zero-order chi connectivity index (χ0) is 15.5. The maximum absolute atomic E-state index is 12.2. The Kier molecular flexibility index (Phi) is 4.94. The van der Waals surface area contributed by atoms with E-state index in [1.807, 2.05) is 20.8 Å². The van der Waals surface area contributed by atoms with Crippen LogP contribution in [0.1, 0.15) is 46.1 Å². The number of carbonyl (C=O) groups is 1. The first-order valence-corrected chi connectivity index (χ1v) is 8.35. The maximum atomic E-state index is 12.2. The van der Waals surface area contributed by atoms with Gasteiger partial charge in [-0.3, -0.25) is 0 Å². The van der Waals surface area contributed by atoms with Gasteiger partial charge < -0.3 is 14.4 Å². The SMILES string of the molecule is CC(C)(C)OC(=O)N1CCCC(C)(OCc2ccsc2)C1. The van der Waals surface area contributed by atoms with Gasteiger partial charge in [0, 0.05) is 6.54 Å². The number of hydrogen-bond acceptors (Lipinski definition) is 4. The number of rotatable bonds is 3. The van der Waals surface area contributed by atoms with Crippen LogP contribution < -0.4 is 0 Å². The minimum Gasteiger partial charge on any atom is -0.444 e. The van der Waals surface area contributed by atoms with E-state index in [0.717, 1.165) is 19.4 Å². The van der Waals surface area contributed by atoms with Gasteiger partial charge in [0.25, 0.3) is 0 Å². The Bertz CT molecular complexity index is 466. The summed E-state index contributed by atoms with van der Waals surface area (Å²) in [5.41, 5.74) is 0.440. The summed E-state index contributed by atoms with van der Waals surface area (Å²) in [5, 5.41) is 4.15. The van der Waals surface area contributed by atoms with Gasteiger partial charge in [-0.05, 0) is 62.9 Å². The van der Waals surface area contributed by atoms with Crippen LogP contribution in [0, 0.1) is 0 Å². The van der Waals surface area contributed by atoms with Crippen LogP contribution in [-0.4, -0.2) is 35.3 Å². The van der Waals surface area contributed by atoms with Gasteiger partial charge in [-0.25, -0.2) is 4.79 Å². The van der Waals surface area contributed by atoms with Gasteiger partial charge in [0.2, 0.25) is 0 Å². The molecule has 1 aromatic heterocycles. The number of ether oxygens (including phenoxy) is 2. The van der Waals surface area contributed by atoms with Crippen molar-refractivity contribution in [2.75, 3.05) is 13.1 Å². The smallest absolute Gasteiger partial charge is 0.410 e. The van der Waals surface area contributed by atoms with E-state index in [1.54, 1.807) is 16.2 Å². The van der Waals surface area contributed by atoms with Crippen LogP contribution in [0.4, 0.5) is 4.79 Å². The number of nitrogens with zero attached hydrogens (tertiary/aromatic N) is 1. The number of amides is 1. The predicted octanol–water partition coefficient (Wildman–Crippen LogP) is 4.05. The second-order valence-corrected chi connectivity index (χ2v) is 7.66. The minimum atomic E-state index is -0.456. The predicted molar refractivity (Wildman–Crippen MR) is 84.6 cm³/mol. The number of thiophene rings is 1. The molecule has 21 heavy (non-hydrogen) atoms. The molecule has 4 nitrogen and oxygen atoms in total. The molecule has 1 fully saturated rings. The van der Waals surface area contributed by atoms with Gasteiger partial charge in [-0.2, -0.15) is 11.3 Å². The first-order chi connectivity index (χ1) is 9.77. The lowest BCUT2D eigenvalue weighted by Gasteiger charge is -2.40. The molecule has 118 valence electrons. The highest BCUT2D eigenvalue weighted by Gasteiger charge is 2.35. The summed E-state index contributed by atoms with van der Waals surface area (Å²) in [4.78, 5) is 14.0. The highest BCUT2D eigenvalue weighted by molar-refractivity contribution is 7.07. The fourth-order valence-corrected chi connectivity index (χ4v) is 3.09. The van der Waals surface area contributed by atoms with E-state index < -0.39 is 5.60 Å². The summed E-state index contributed by atoms with van der Waals surface area (Å²) in [7, 11) is 0. The Morgan fingerprint density at radius 3 is 2.86 bits per heavy atom. The van der Waals surface area contributed by atoms with Crippen LogP contribution in [0.25, 0.3) is 0 Å². The Morgan fingerprint density at radius 2 is 2.24 bits per heavy atom. The Hall–Kier alpha value is -1.07. The molecule has 1 atom stereocenters. The molecule has 1 aliphatic heterocycles. The van der Waals surface area contributed by atoms with Crippen LogP contribution >= 0.6 is 11.3 Å². The van der Waals surface area contributed by atoms with Crippen molar-refractivity contribution >= 4 is 17.4 Å². The molecule has 5 heteroatoms. The first-order valence-electron chi connectivity index (χ1n) is 7.40. The van der Waals surface area contributed by atoms with Crippen molar-refractivity contribution in [3.05, 3.63) is 22.4 Å². The van der Waals surface area contributed by atoms with Gasteiger partial charge in [0.05, 0.1) is 18.8 Å². The monoisotopic (exact) mass is 311 g/mol. The zero-order valence-corrected chi connectivity index (χ0v) is 14.2. The second-order valence-electron chi connectivity index (χ2n) is 6.88. The lowest BCUT2D eigenvalue weighted by Crippen LogP contribution is -2.51. The fraction of sp³-hybridized carbons (Fsp3) is 0.688. The summed E-state index contributed by atoms with van der Waals surface area (Å²) < 4.78 is 11.5. The highest BCUT2D eigenvalue weighted by Crippen LogP contribution is 2.27. The fourth-order valence-electron chi connectivity index (χ4n) is 2.44. The van der Waals surface area contributed by atoms with Gasteiger partial charge in [0.15, 0.2) is 0 Å². The van der Waals surface area contributed by atoms with Crippen LogP contribution in [0.2, 0.25) is 0 Å². The van der Waals surface area contributed by atoms with Crippen LogP contribution in [0.5, 0.6) is 0 Å². The molecule has 0 N–H and O–H groups in total. The van der Waals surface area contributed by atoms with E-state index >= 15 is 0 Å². The molecule has 1 unspecified atom stereocenters. The van der Waals surface area contributed by atoms with E-state index in [0.29, 0.717) is 13.2 Å². The lowest BCUT2D eigenvalue weighted by atomic mass is 9.95. The van der Waals surface area contributed by atoms with Crippen molar-refractivity contribution in [3.63, 3.8) is 0 Å². The van der Waals surface area contributed by atoms with E-state index in [2.05, 4.69) is 23.8 Å². The molecular weight excluding hydrogens is 286 g/mol. The van der Waals surface area contributed by atoms with Crippen molar-refractivity contribution < 1.29 is 14.3 Å². The van der Waals surface area contributed by atoms with E-state index in [-0.39, 0.29) is 11.7 Å². The van der Waals surface area contributed by atoms with Gasteiger partial charge >= 0.3 is 6.09 Å². The second kappa shape index (κ2) is 6.36. The Labute approximate surface area is 131 Å². The van der Waals surface area contributed by atoms with Gasteiger partial charge in [-0.1, -0.05) is 0 Å². The third-order valence-corrected chi connectivity index (χ3v) is 4.21. The van der Waals surface area contributed by atoms with Crippen molar-refractivity contribution in [3.8, 4) is 0 Å². The van der Waals surface area contributed by atoms with Gasteiger partial charge in [0.1, 0.15) is 5.60 Å². The van der Waals surface area contributed by atoms with Gasteiger partial charge in [-0.15, -0.1) is 0 Å². The average molecular weight is 311 g/mol. The molecule has 2 rings (SSSR count). The maximum Gasteiger partial charge on any atom is 0.410 e. The largest absolute Gasteiger partial charge is 0.444 e. The van der Waals surface area contributed by atoms with Crippen molar-refractivity contribution in [2.24, 2.45) is 0 Å². The first kappa shape index (κ1) is 16.3. The molecule has 0 saturated carbocycles. The summed E-state index contributed by atoms with van der Waals surface area (Å²) in [6.45, 7) is 9.68. The van der Waals surface area contributed by atoms with E-state index in [4.69, 9.17) is 9.47 Å².